The number of hydrogen-bond donors (Lipinski definition) is 4. The summed E-state index contributed by atoms with van der Waals surface area (Å²) in [6.07, 6.45) is 0.849. The summed E-state index contributed by atoms with van der Waals surface area (Å²) in [5.74, 6) is -0.995. The van der Waals surface area contributed by atoms with Crippen molar-refractivity contribution in [3.63, 3.8) is 0 Å². The number of carboxylic acids is 1. The van der Waals surface area contributed by atoms with Crippen molar-refractivity contribution in [2.45, 2.75) is 20.3 Å². The first kappa shape index (κ1) is 12.9. The highest BCUT2D eigenvalue weighted by atomic mass is 16.4. The molecule has 0 aliphatic rings. The van der Waals surface area contributed by atoms with Crippen molar-refractivity contribution in [2.24, 2.45) is 5.73 Å². The molecule has 5 N–H and O–H groups in total. The number of anilines is 1. The second-order valence-electron chi connectivity index (χ2n) is 4.30. The monoisotopic (exact) mass is 261 g/mol. The predicted molar refractivity (Wildman–Crippen MR) is 72.6 cm³/mol. The van der Waals surface area contributed by atoms with Crippen LogP contribution in [0.2, 0.25) is 0 Å². The van der Waals surface area contributed by atoms with Crippen molar-refractivity contribution < 1.29 is 14.7 Å². The summed E-state index contributed by atoms with van der Waals surface area (Å²) in [4.78, 5) is 25.2. The molecule has 0 fully saturated rings. The van der Waals surface area contributed by atoms with E-state index in [1.54, 1.807) is 6.07 Å². The molecule has 0 aliphatic carbocycles. The van der Waals surface area contributed by atoms with Gasteiger partial charge in [-0.05, 0) is 24.5 Å². The summed E-state index contributed by atoms with van der Waals surface area (Å²) < 4.78 is 0. The number of benzene rings is 1. The van der Waals surface area contributed by atoms with E-state index in [1.165, 1.54) is 0 Å². The van der Waals surface area contributed by atoms with Crippen molar-refractivity contribution >= 4 is 28.7 Å². The first-order valence-electron chi connectivity index (χ1n) is 5.89. The SMILES string of the molecule is CCc1ccc2c(C(=O)O)c(NC(N)=O)[nH]c2c1C. The smallest absolute Gasteiger partial charge is 0.340 e. The van der Waals surface area contributed by atoms with Crippen LogP contribution in [0, 0.1) is 6.92 Å². The molecule has 19 heavy (non-hydrogen) atoms. The molecule has 0 unspecified atom stereocenters. The number of H-pyrrole nitrogens is 1. The molecule has 2 rings (SSSR count). The Bertz CT molecular complexity index is 673. The van der Waals surface area contributed by atoms with Crippen molar-refractivity contribution in [3.8, 4) is 0 Å². The highest BCUT2D eigenvalue weighted by molar-refractivity contribution is 6.11. The molecule has 6 nitrogen and oxygen atoms in total. The van der Waals surface area contributed by atoms with E-state index in [2.05, 4.69) is 10.3 Å². The summed E-state index contributed by atoms with van der Waals surface area (Å²) in [5.41, 5.74) is 7.88. The lowest BCUT2D eigenvalue weighted by Crippen LogP contribution is -2.20. The standard InChI is InChI=1S/C13H15N3O3/c1-3-7-4-5-8-9(12(17)18)11(16-13(14)19)15-10(8)6(7)2/h4-5,15H,3H2,1-2H3,(H,17,18)(H3,14,16,19). The molecule has 1 heterocycles. The van der Waals surface area contributed by atoms with Crippen molar-refractivity contribution in [1.29, 1.82) is 0 Å². The number of carbonyl (C=O) groups is 2. The topological polar surface area (TPSA) is 108 Å². The number of urea groups is 1. The number of carboxylic acid groups (broad SMARTS) is 1. The predicted octanol–water partition coefficient (Wildman–Crippen LogP) is 2.23. The van der Waals surface area contributed by atoms with Gasteiger partial charge in [-0.15, -0.1) is 0 Å². The van der Waals surface area contributed by atoms with Gasteiger partial charge < -0.3 is 15.8 Å². The van der Waals surface area contributed by atoms with Crippen molar-refractivity contribution in [3.05, 3.63) is 28.8 Å². The number of carbonyl (C=O) groups excluding carboxylic acids is 1. The van der Waals surface area contributed by atoms with Gasteiger partial charge in [-0.25, -0.2) is 9.59 Å². The van der Waals surface area contributed by atoms with Gasteiger partial charge in [0.05, 0.1) is 5.52 Å². The van der Waals surface area contributed by atoms with E-state index in [1.807, 2.05) is 19.9 Å². The molecule has 0 spiro atoms. The fourth-order valence-corrected chi connectivity index (χ4v) is 2.27. The van der Waals surface area contributed by atoms with Crippen LogP contribution >= 0.6 is 0 Å². The van der Waals surface area contributed by atoms with Crippen LogP contribution in [0.4, 0.5) is 10.6 Å². The minimum absolute atomic E-state index is 0.0274. The molecule has 100 valence electrons. The van der Waals surface area contributed by atoms with E-state index in [9.17, 15) is 14.7 Å². The maximum absolute atomic E-state index is 11.3. The molecule has 0 atom stereocenters. The Balaban J connectivity index is 2.76. The zero-order chi connectivity index (χ0) is 14.2. The highest BCUT2D eigenvalue weighted by Gasteiger charge is 2.20. The Morgan fingerprint density at radius 2 is 2.11 bits per heavy atom. The molecular formula is C13H15N3O3. The highest BCUT2D eigenvalue weighted by Crippen LogP contribution is 2.30. The normalized spacial score (nSPS) is 10.6. The molecule has 0 saturated carbocycles. The number of primary amides is 1. The maximum atomic E-state index is 11.3. The second-order valence-corrected chi connectivity index (χ2v) is 4.30. The van der Waals surface area contributed by atoms with Gasteiger partial charge >= 0.3 is 12.0 Å². The van der Waals surface area contributed by atoms with Gasteiger partial charge in [-0.1, -0.05) is 19.1 Å². The minimum Gasteiger partial charge on any atom is -0.478 e. The number of nitrogens with two attached hydrogens (primary N) is 1. The number of aromatic carboxylic acids is 1. The molecule has 0 aliphatic heterocycles. The van der Waals surface area contributed by atoms with Crippen molar-refractivity contribution in [2.75, 3.05) is 5.32 Å². The summed E-state index contributed by atoms with van der Waals surface area (Å²) in [7, 11) is 0. The number of aromatic nitrogens is 1. The zero-order valence-corrected chi connectivity index (χ0v) is 10.7. The van der Waals surface area contributed by atoms with E-state index < -0.39 is 12.0 Å². The van der Waals surface area contributed by atoms with Crippen LogP contribution < -0.4 is 11.1 Å². The number of rotatable bonds is 3. The van der Waals surface area contributed by atoms with Gasteiger partial charge in [0.15, 0.2) is 0 Å². The first-order valence-corrected chi connectivity index (χ1v) is 5.89. The van der Waals surface area contributed by atoms with Gasteiger partial charge in [0.25, 0.3) is 0 Å². The Kier molecular flexibility index (Phi) is 3.16. The first-order chi connectivity index (χ1) is 8.95. The van der Waals surface area contributed by atoms with Gasteiger partial charge in [0.1, 0.15) is 11.4 Å². The van der Waals surface area contributed by atoms with Gasteiger partial charge in [-0.3, -0.25) is 5.32 Å². The van der Waals surface area contributed by atoms with E-state index in [-0.39, 0.29) is 11.4 Å². The van der Waals surface area contributed by atoms with E-state index in [0.29, 0.717) is 10.9 Å². The Hall–Kier alpha value is -2.50. The van der Waals surface area contributed by atoms with Gasteiger partial charge in [-0.2, -0.15) is 0 Å². The fraction of sp³-hybridized carbons (Fsp3) is 0.231. The number of fused-ring (bicyclic) bond motifs is 1. The molecule has 2 amide bonds. The van der Waals surface area contributed by atoms with Gasteiger partial charge in [0, 0.05) is 5.39 Å². The number of nitrogens with one attached hydrogen (secondary N) is 2. The lowest BCUT2D eigenvalue weighted by Gasteiger charge is -2.03. The maximum Gasteiger partial charge on any atom is 0.340 e. The molecule has 6 heteroatoms. The largest absolute Gasteiger partial charge is 0.478 e. The minimum atomic E-state index is -1.11. The Labute approximate surface area is 109 Å². The van der Waals surface area contributed by atoms with E-state index in [4.69, 9.17) is 5.73 Å². The number of hydrogen-bond acceptors (Lipinski definition) is 2. The molecule has 1 aromatic carbocycles. The fourth-order valence-electron chi connectivity index (χ4n) is 2.27. The lowest BCUT2D eigenvalue weighted by atomic mass is 10.0. The van der Waals surface area contributed by atoms with Crippen LogP contribution in [0.3, 0.4) is 0 Å². The molecule has 0 bridgehead atoms. The second kappa shape index (κ2) is 4.64. The summed E-state index contributed by atoms with van der Waals surface area (Å²) in [6, 6.07) is 2.83. The van der Waals surface area contributed by atoms with Gasteiger partial charge in [0.2, 0.25) is 0 Å². The summed E-state index contributed by atoms with van der Waals surface area (Å²) in [5, 5.41) is 12.1. The lowest BCUT2D eigenvalue weighted by molar-refractivity contribution is 0.0700. The molecular weight excluding hydrogens is 246 g/mol. The third kappa shape index (κ3) is 2.12. The Morgan fingerprint density at radius 3 is 2.63 bits per heavy atom. The quantitative estimate of drug-likeness (QED) is 0.680. The van der Waals surface area contributed by atoms with Crippen molar-refractivity contribution in [1.82, 2.24) is 4.98 Å². The molecule has 1 aromatic heterocycles. The van der Waals surface area contributed by atoms with Crippen LogP contribution in [-0.4, -0.2) is 22.1 Å². The summed E-state index contributed by atoms with van der Waals surface area (Å²) in [6.45, 7) is 3.94. The number of aryl methyl sites for hydroxylation is 2. The van der Waals surface area contributed by atoms with Crippen LogP contribution in [-0.2, 0) is 6.42 Å². The van der Waals surface area contributed by atoms with Crippen LogP contribution in [0.25, 0.3) is 10.9 Å². The summed E-state index contributed by atoms with van der Waals surface area (Å²) >= 11 is 0. The van der Waals surface area contributed by atoms with Crippen LogP contribution in [0.15, 0.2) is 12.1 Å². The van der Waals surface area contributed by atoms with Crippen LogP contribution in [0.5, 0.6) is 0 Å². The third-order valence-corrected chi connectivity index (χ3v) is 3.19. The Morgan fingerprint density at radius 1 is 1.42 bits per heavy atom. The third-order valence-electron chi connectivity index (χ3n) is 3.19. The number of aromatic amines is 1. The number of amides is 2. The average molecular weight is 261 g/mol. The van der Waals surface area contributed by atoms with Crippen LogP contribution in [0.1, 0.15) is 28.4 Å². The zero-order valence-electron chi connectivity index (χ0n) is 10.7. The van der Waals surface area contributed by atoms with E-state index in [0.717, 1.165) is 17.5 Å². The molecule has 0 radical (unpaired) electrons. The molecule has 0 saturated heterocycles. The molecule has 2 aromatic rings. The average Bonchev–Trinajstić information content (AvgIpc) is 2.67. The van der Waals surface area contributed by atoms with E-state index >= 15 is 0 Å².